The van der Waals surface area contributed by atoms with E-state index in [1.54, 1.807) is 50.2 Å². The Kier molecular flexibility index (Phi) is 6.27. The number of hydrogen-bond donors (Lipinski definition) is 0. The normalized spacial score (nSPS) is 21.0. The summed E-state index contributed by atoms with van der Waals surface area (Å²) < 4.78 is 49.0. The maximum Gasteiger partial charge on any atom is 0.426 e. The van der Waals surface area contributed by atoms with Crippen molar-refractivity contribution in [1.29, 1.82) is 5.26 Å². The molecule has 0 spiro atoms. The molecule has 0 aliphatic heterocycles. The van der Waals surface area contributed by atoms with Crippen molar-refractivity contribution in [2.75, 3.05) is 0 Å². The molecule has 1 aromatic carbocycles. The fourth-order valence-corrected chi connectivity index (χ4v) is 3.41. The number of alkyl halides is 3. The molecule has 3 atom stereocenters. The second-order valence-electron chi connectivity index (χ2n) is 7.60. The van der Waals surface area contributed by atoms with Crippen molar-refractivity contribution in [1.82, 2.24) is 4.98 Å². The highest BCUT2D eigenvalue weighted by atomic mass is 35.5. The largest absolute Gasteiger partial charge is 0.440 e. The Balaban J connectivity index is 1.72. The maximum atomic E-state index is 12.7. The fraction of sp³-hybridized carbons (Fsp3) is 0.318. The zero-order valence-electron chi connectivity index (χ0n) is 16.6. The van der Waals surface area contributed by atoms with Gasteiger partial charge in [-0.05, 0) is 29.5 Å². The highest BCUT2D eigenvalue weighted by Gasteiger charge is 2.62. The topological polar surface area (TPSA) is 72.2 Å². The van der Waals surface area contributed by atoms with E-state index in [4.69, 9.17) is 21.1 Å². The van der Waals surface area contributed by atoms with Crippen LogP contribution in [0.25, 0.3) is 0 Å². The Morgan fingerprint density at radius 1 is 1.23 bits per heavy atom. The van der Waals surface area contributed by atoms with E-state index < -0.39 is 40.5 Å². The van der Waals surface area contributed by atoms with Gasteiger partial charge < -0.3 is 9.47 Å². The van der Waals surface area contributed by atoms with Gasteiger partial charge in [0.2, 0.25) is 12.0 Å². The summed E-state index contributed by atoms with van der Waals surface area (Å²) in [6, 6.07) is 15.4. The average molecular weight is 451 g/mol. The van der Waals surface area contributed by atoms with E-state index in [0.29, 0.717) is 5.75 Å². The molecular formula is C22H18ClF3N2O3. The second kappa shape index (κ2) is 8.60. The lowest BCUT2D eigenvalue weighted by molar-refractivity contribution is -0.149. The van der Waals surface area contributed by atoms with Crippen LogP contribution >= 0.6 is 11.6 Å². The number of aromatic nitrogens is 1. The predicted molar refractivity (Wildman–Crippen MR) is 106 cm³/mol. The Hall–Kier alpha value is -3.05. The van der Waals surface area contributed by atoms with Crippen LogP contribution in [0.1, 0.15) is 25.6 Å². The summed E-state index contributed by atoms with van der Waals surface area (Å²) in [5, 5.41) is 8.18. The SMILES string of the molecule is CC1(C)[C@H](/C=C(\Cl)C(F)(F)F)[C@@H]1C(=O)OC(C#N)c1cccc(Oc2ccccc2)n1. The summed E-state index contributed by atoms with van der Waals surface area (Å²) in [7, 11) is 0. The smallest absolute Gasteiger partial charge is 0.426 e. The number of carbonyl (C=O) groups excluding carboxylic acids is 1. The van der Waals surface area contributed by atoms with Gasteiger partial charge in [-0.15, -0.1) is 0 Å². The number of benzene rings is 1. The van der Waals surface area contributed by atoms with Crippen LogP contribution in [0.5, 0.6) is 11.6 Å². The molecule has 0 saturated heterocycles. The van der Waals surface area contributed by atoms with Gasteiger partial charge in [0.05, 0.1) is 11.6 Å². The maximum absolute atomic E-state index is 12.7. The van der Waals surface area contributed by atoms with E-state index in [2.05, 4.69) is 4.98 Å². The fourth-order valence-electron chi connectivity index (χ4n) is 3.28. The van der Waals surface area contributed by atoms with E-state index in [1.807, 2.05) is 12.1 Å². The third-order valence-corrected chi connectivity index (χ3v) is 5.43. The third-order valence-electron chi connectivity index (χ3n) is 5.09. The summed E-state index contributed by atoms with van der Waals surface area (Å²) in [5.41, 5.74) is -0.642. The van der Waals surface area contributed by atoms with Crippen molar-refractivity contribution >= 4 is 17.6 Å². The molecule has 9 heteroatoms. The minimum absolute atomic E-state index is 0.142. The second-order valence-corrected chi connectivity index (χ2v) is 8.01. The quantitative estimate of drug-likeness (QED) is 0.509. The zero-order chi connectivity index (χ0) is 22.8. The van der Waals surface area contributed by atoms with Gasteiger partial charge in [0.25, 0.3) is 0 Å². The summed E-state index contributed by atoms with van der Waals surface area (Å²) in [6.45, 7) is 3.27. The number of para-hydroxylation sites is 1. The van der Waals surface area contributed by atoms with Crippen LogP contribution in [0.2, 0.25) is 0 Å². The Bertz CT molecular complexity index is 1030. The average Bonchev–Trinajstić information content (AvgIpc) is 3.26. The number of nitriles is 1. The minimum Gasteiger partial charge on any atom is -0.440 e. The number of esters is 1. The van der Waals surface area contributed by atoms with Gasteiger partial charge in [-0.25, -0.2) is 4.98 Å². The summed E-state index contributed by atoms with van der Waals surface area (Å²) >= 11 is 5.31. The molecule has 1 aromatic heterocycles. The number of nitrogens with zero attached hydrogens (tertiary/aromatic N) is 2. The van der Waals surface area contributed by atoms with Crippen LogP contribution in [0.3, 0.4) is 0 Å². The van der Waals surface area contributed by atoms with Crippen molar-refractivity contribution < 1.29 is 27.4 Å². The van der Waals surface area contributed by atoms with Crippen LogP contribution in [-0.2, 0) is 9.53 Å². The van der Waals surface area contributed by atoms with Crippen LogP contribution in [0.15, 0.2) is 59.6 Å². The number of rotatable bonds is 6. The van der Waals surface area contributed by atoms with Gasteiger partial charge in [0.15, 0.2) is 0 Å². The minimum atomic E-state index is -4.69. The molecule has 0 N–H and O–H groups in total. The van der Waals surface area contributed by atoms with Gasteiger partial charge in [-0.3, -0.25) is 4.79 Å². The molecule has 2 aromatic rings. The standard InChI is InChI=1S/C22H18ClF3N2O3/c1-21(2)14(11-17(23)22(24,25)26)19(21)20(29)31-16(12-27)15-9-6-10-18(28-15)30-13-7-4-3-5-8-13/h3-11,14,16,19H,1-2H3/b17-11-/t14-,16?,19-/m1/s1. The molecule has 1 saturated carbocycles. The molecule has 31 heavy (non-hydrogen) atoms. The third kappa shape index (κ3) is 5.17. The Labute approximate surface area is 182 Å². The number of pyridine rings is 1. The van der Waals surface area contributed by atoms with Crippen molar-refractivity contribution in [3.05, 3.63) is 65.3 Å². The van der Waals surface area contributed by atoms with Crippen molar-refractivity contribution in [2.45, 2.75) is 26.1 Å². The van der Waals surface area contributed by atoms with Crippen molar-refractivity contribution in [3.63, 3.8) is 0 Å². The molecule has 1 aliphatic rings. The molecule has 1 fully saturated rings. The van der Waals surface area contributed by atoms with Gasteiger partial charge in [-0.2, -0.15) is 18.4 Å². The van der Waals surface area contributed by atoms with E-state index in [-0.39, 0.29) is 11.6 Å². The van der Waals surface area contributed by atoms with Crippen LogP contribution in [0.4, 0.5) is 13.2 Å². The molecule has 0 radical (unpaired) electrons. The first-order valence-corrected chi connectivity index (χ1v) is 9.66. The first kappa shape index (κ1) is 22.6. The summed E-state index contributed by atoms with van der Waals surface area (Å²) in [4.78, 5) is 16.8. The molecule has 5 nitrogen and oxygen atoms in total. The van der Waals surface area contributed by atoms with Crippen LogP contribution in [-0.4, -0.2) is 17.1 Å². The first-order chi connectivity index (χ1) is 14.5. The Morgan fingerprint density at radius 3 is 2.52 bits per heavy atom. The van der Waals surface area contributed by atoms with Crippen LogP contribution < -0.4 is 4.74 Å². The van der Waals surface area contributed by atoms with E-state index in [9.17, 15) is 23.2 Å². The van der Waals surface area contributed by atoms with Crippen molar-refractivity contribution in [3.8, 4) is 17.7 Å². The molecule has 1 unspecified atom stereocenters. The van der Waals surface area contributed by atoms with Gasteiger partial charge in [0, 0.05) is 6.07 Å². The number of allylic oxidation sites excluding steroid dienone is 2. The first-order valence-electron chi connectivity index (χ1n) is 9.28. The zero-order valence-corrected chi connectivity index (χ0v) is 17.3. The monoisotopic (exact) mass is 450 g/mol. The van der Waals surface area contributed by atoms with E-state index >= 15 is 0 Å². The summed E-state index contributed by atoms with van der Waals surface area (Å²) in [6.07, 6.45) is -5.21. The lowest BCUT2D eigenvalue weighted by Crippen LogP contribution is -2.15. The van der Waals surface area contributed by atoms with E-state index in [0.717, 1.165) is 6.08 Å². The van der Waals surface area contributed by atoms with Gasteiger partial charge in [-0.1, -0.05) is 55.8 Å². The highest BCUT2D eigenvalue weighted by molar-refractivity contribution is 6.30. The Morgan fingerprint density at radius 2 is 1.90 bits per heavy atom. The lowest BCUT2D eigenvalue weighted by atomic mass is 10.1. The molecular weight excluding hydrogens is 433 g/mol. The number of hydrogen-bond acceptors (Lipinski definition) is 5. The number of ether oxygens (including phenoxy) is 2. The van der Waals surface area contributed by atoms with Gasteiger partial charge >= 0.3 is 12.1 Å². The molecule has 1 heterocycles. The van der Waals surface area contributed by atoms with Crippen LogP contribution in [0, 0.1) is 28.6 Å². The molecule has 3 rings (SSSR count). The predicted octanol–water partition coefficient (Wildman–Crippen LogP) is 5.94. The van der Waals surface area contributed by atoms with E-state index in [1.165, 1.54) is 6.07 Å². The highest BCUT2D eigenvalue weighted by Crippen LogP contribution is 2.60. The molecule has 0 bridgehead atoms. The molecule has 0 amide bonds. The number of halogens is 4. The number of carbonyl (C=O) groups is 1. The summed E-state index contributed by atoms with van der Waals surface area (Å²) in [5.74, 6) is -1.67. The molecule has 1 aliphatic carbocycles. The van der Waals surface area contributed by atoms with Crippen molar-refractivity contribution in [2.24, 2.45) is 17.3 Å². The lowest BCUT2D eigenvalue weighted by Gasteiger charge is -2.12. The van der Waals surface area contributed by atoms with Gasteiger partial charge in [0.1, 0.15) is 16.9 Å². The molecule has 162 valence electrons.